The molecule has 0 N–H and O–H groups in total. The van der Waals surface area contributed by atoms with Crippen LogP contribution in [0.1, 0.15) is 65.7 Å². The first-order chi connectivity index (χ1) is 7.47. The third kappa shape index (κ3) is 5.94. The van der Waals surface area contributed by atoms with Gasteiger partial charge in [0.2, 0.25) is 0 Å². The standard InChI is InChI=1S/C14H24O2/c1-14(2,3)11-6-4-5-10-13(15)16-12-8-7-9-12/h8H,4-7,9-11H2,1-3H3. The molecule has 0 heterocycles. The van der Waals surface area contributed by atoms with Crippen molar-refractivity contribution in [3.05, 3.63) is 11.8 Å². The second kappa shape index (κ2) is 6.07. The molecule has 1 aliphatic carbocycles. The van der Waals surface area contributed by atoms with Gasteiger partial charge >= 0.3 is 5.97 Å². The molecule has 0 saturated carbocycles. The van der Waals surface area contributed by atoms with E-state index in [-0.39, 0.29) is 5.97 Å². The minimum Gasteiger partial charge on any atom is -0.431 e. The zero-order valence-electron chi connectivity index (χ0n) is 10.8. The summed E-state index contributed by atoms with van der Waals surface area (Å²) < 4.78 is 5.16. The van der Waals surface area contributed by atoms with Crippen LogP contribution in [0.3, 0.4) is 0 Å². The molecular formula is C14H24O2. The Bertz CT molecular complexity index is 258. The maximum Gasteiger partial charge on any atom is 0.310 e. The average molecular weight is 224 g/mol. The van der Waals surface area contributed by atoms with Crippen molar-refractivity contribution in [2.24, 2.45) is 5.41 Å². The van der Waals surface area contributed by atoms with Crippen LogP contribution in [0.4, 0.5) is 0 Å². The van der Waals surface area contributed by atoms with E-state index in [0.29, 0.717) is 11.8 Å². The number of rotatable bonds is 6. The van der Waals surface area contributed by atoms with E-state index in [2.05, 4.69) is 20.8 Å². The van der Waals surface area contributed by atoms with Crippen molar-refractivity contribution in [3.63, 3.8) is 0 Å². The van der Waals surface area contributed by atoms with E-state index in [1.807, 2.05) is 6.08 Å². The third-order valence-corrected chi connectivity index (χ3v) is 2.82. The molecule has 0 atom stereocenters. The van der Waals surface area contributed by atoms with Crippen molar-refractivity contribution in [3.8, 4) is 0 Å². The number of carbonyl (C=O) groups is 1. The molecule has 92 valence electrons. The number of unbranched alkanes of at least 4 members (excludes halogenated alkanes) is 2. The van der Waals surface area contributed by atoms with Crippen molar-refractivity contribution < 1.29 is 9.53 Å². The molecule has 0 spiro atoms. The van der Waals surface area contributed by atoms with Crippen molar-refractivity contribution in [1.82, 2.24) is 0 Å². The number of carbonyl (C=O) groups excluding carboxylic acids is 1. The van der Waals surface area contributed by atoms with E-state index in [1.165, 1.54) is 12.8 Å². The van der Waals surface area contributed by atoms with Crippen LogP contribution in [0.5, 0.6) is 0 Å². The van der Waals surface area contributed by atoms with Crippen molar-refractivity contribution >= 4 is 5.97 Å². The van der Waals surface area contributed by atoms with E-state index >= 15 is 0 Å². The average Bonchev–Trinajstić information content (AvgIpc) is 2.09. The van der Waals surface area contributed by atoms with Crippen LogP contribution in [0.25, 0.3) is 0 Å². The van der Waals surface area contributed by atoms with Gasteiger partial charge < -0.3 is 4.74 Å². The predicted molar refractivity (Wildman–Crippen MR) is 65.9 cm³/mol. The van der Waals surface area contributed by atoms with Crippen LogP contribution >= 0.6 is 0 Å². The maximum atomic E-state index is 11.3. The lowest BCUT2D eigenvalue weighted by Crippen LogP contribution is -2.08. The Morgan fingerprint density at radius 2 is 2.00 bits per heavy atom. The fourth-order valence-electron chi connectivity index (χ4n) is 1.65. The molecule has 0 aromatic heterocycles. The number of hydrogen-bond acceptors (Lipinski definition) is 2. The van der Waals surface area contributed by atoms with E-state index in [0.717, 1.165) is 31.4 Å². The third-order valence-electron chi connectivity index (χ3n) is 2.82. The lowest BCUT2D eigenvalue weighted by molar-refractivity contribution is -0.140. The van der Waals surface area contributed by atoms with Gasteiger partial charge in [-0.15, -0.1) is 0 Å². The Hall–Kier alpha value is -0.790. The van der Waals surface area contributed by atoms with E-state index in [4.69, 9.17) is 4.74 Å². The second-order valence-electron chi connectivity index (χ2n) is 5.80. The Labute approximate surface area is 99.1 Å². The molecule has 0 radical (unpaired) electrons. The molecule has 0 unspecified atom stereocenters. The first-order valence-corrected chi connectivity index (χ1v) is 6.37. The van der Waals surface area contributed by atoms with Gasteiger partial charge in [0.25, 0.3) is 0 Å². The summed E-state index contributed by atoms with van der Waals surface area (Å²) >= 11 is 0. The summed E-state index contributed by atoms with van der Waals surface area (Å²) in [6, 6.07) is 0. The highest BCUT2D eigenvalue weighted by molar-refractivity contribution is 5.70. The molecule has 0 saturated heterocycles. The summed E-state index contributed by atoms with van der Waals surface area (Å²) in [5, 5.41) is 0. The SMILES string of the molecule is CC(C)(C)CCCCCC(=O)OC1=CCC1. The fourth-order valence-corrected chi connectivity index (χ4v) is 1.65. The lowest BCUT2D eigenvalue weighted by Gasteiger charge is -2.17. The largest absolute Gasteiger partial charge is 0.431 e. The Balaban J connectivity index is 1.96. The van der Waals surface area contributed by atoms with Gasteiger partial charge in [-0.2, -0.15) is 0 Å². The zero-order chi connectivity index (χ0) is 12.0. The highest BCUT2D eigenvalue weighted by atomic mass is 16.5. The minimum absolute atomic E-state index is 0.0540. The molecule has 0 amide bonds. The van der Waals surface area contributed by atoms with Crippen LogP contribution in [-0.2, 0) is 9.53 Å². The predicted octanol–water partition coefficient (Wildman–Crippen LogP) is 4.20. The highest BCUT2D eigenvalue weighted by Crippen LogP contribution is 2.23. The molecule has 0 fully saturated rings. The Morgan fingerprint density at radius 3 is 2.50 bits per heavy atom. The summed E-state index contributed by atoms with van der Waals surface area (Å²) in [5.74, 6) is 0.821. The molecule has 2 heteroatoms. The van der Waals surface area contributed by atoms with Crippen LogP contribution in [0, 0.1) is 5.41 Å². The smallest absolute Gasteiger partial charge is 0.310 e. The number of allylic oxidation sites excluding steroid dienone is 2. The number of ether oxygens (including phenoxy) is 1. The number of hydrogen-bond donors (Lipinski definition) is 0. The maximum absolute atomic E-state index is 11.3. The highest BCUT2D eigenvalue weighted by Gasteiger charge is 2.12. The summed E-state index contributed by atoms with van der Waals surface area (Å²) in [5.41, 5.74) is 0.414. The summed E-state index contributed by atoms with van der Waals surface area (Å²) in [6.45, 7) is 6.76. The summed E-state index contributed by atoms with van der Waals surface area (Å²) in [4.78, 5) is 11.3. The van der Waals surface area contributed by atoms with Crippen LogP contribution in [-0.4, -0.2) is 5.97 Å². The van der Waals surface area contributed by atoms with Gasteiger partial charge in [-0.05, 0) is 30.8 Å². The zero-order valence-corrected chi connectivity index (χ0v) is 10.8. The molecular weight excluding hydrogens is 200 g/mol. The minimum atomic E-state index is -0.0540. The lowest BCUT2D eigenvalue weighted by atomic mass is 9.89. The first-order valence-electron chi connectivity index (χ1n) is 6.37. The second-order valence-corrected chi connectivity index (χ2v) is 5.80. The van der Waals surface area contributed by atoms with Gasteiger partial charge in [-0.3, -0.25) is 4.79 Å². The van der Waals surface area contributed by atoms with Crippen LogP contribution in [0.2, 0.25) is 0 Å². The normalized spacial score (nSPS) is 15.3. The molecule has 0 aromatic rings. The Kier molecular flexibility index (Phi) is 5.04. The molecule has 0 aliphatic heterocycles. The van der Waals surface area contributed by atoms with E-state index < -0.39 is 0 Å². The first kappa shape index (κ1) is 13.3. The molecule has 0 aromatic carbocycles. The fraction of sp³-hybridized carbons (Fsp3) is 0.786. The van der Waals surface area contributed by atoms with Crippen molar-refractivity contribution in [1.29, 1.82) is 0 Å². The van der Waals surface area contributed by atoms with E-state index in [1.54, 1.807) is 0 Å². The number of esters is 1. The van der Waals surface area contributed by atoms with Gasteiger partial charge in [0.05, 0.1) is 0 Å². The molecule has 0 bridgehead atoms. The van der Waals surface area contributed by atoms with Crippen molar-refractivity contribution in [2.45, 2.75) is 65.7 Å². The van der Waals surface area contributed by atoms with Gasteiger partial charge in [0.15, 0.2) is 0 Å². The van der Waals surface area contributed by atoms with Gasteiger partial charge in [0.1, 0.15) is 5.76 Å². The van der Waals surface area contributed by atoms with Crippen LogP contribution in [0.15, 0.2) is 11.8 Å². The Morgan fingerprint density at radius 1 is 1.31 bits per heavy atom. The monoisotopic (exact) mass is 224 g/mol. The van der Waals surface area contributed by atoms with Crippen molar-refractivity contribution in [2.75, 3.05) is 0 Å². The van der Waals surface area contributed by atoms with Crippen LogP contribution < -0.4 is 0 Å². The van der Waals surface area contributed by atoms with Gasteiger partial charge in [-0.25, -0.2) is 0 Å². The molecule has 16 heavy (non-hydrogen) atoms. The topological polar surface area (TPSA) is 26.3 Å². The quantitative estimate of drug-likeness (QED) is 0.499. The van der Waals surface area contributed by atoms with E-state index in [9.17, 15) is 4.79 Å². The molecule has 1 rings (SSSR count). The molecule has 2 nitrogen and oxygen atoms in total. The summed E-state index contributed by atoms with van der Waals surface area (Å²) in [7, 11) is 0. The van der Waals surface area contributed by atoms with Gasteiger partial charge in [0, 0.05) is 12.8 Å². The van der Waals surface area contributed by atoms with Gasteiger partial charge in [-0.1, -0.05) is 33.6 Å². The molecule has 1 aliphatic rings. The summed E-state index contributed by atoms with van der Waals surface area (Å²) in [6.07, 6.45) is 9.09.